The summed E-state index contributed by atoms with van der Waals surface area (Å²) < 4.78 is 40.2. The van der Waals surface area contributed by atoms with Crippen molar-refractivity contribution in [1.82, 2.24) is 15.4 Å². The average Bonchev–Trinajstić information content (AvgIpc) is 2.70. The van der Waals surface area contributed by atoms with E-state index in [-0.39, 0.29) is 6.54 Å². The zero-order valence-electron chi connectivity index (χ0n) is 13.2. The molecule has 136 valence electrons. The Labute approximate surface area is 144 Å². The molecule has 0 aromatic heterocycles. The third kappa shape index (κ3) is 3.76. The van der Waals surface area contributed by atoms with E-state index >= 15 is 0 Å². The fraction of sp³-hybridized carbons (Fsp3) is 0.429. The number of aromatic hydroxyl groups is 1. The number of phenols is 1. The van der Waals surface area contributed by atoms with Crippen molar-refractivity contribution >= 4 is 27.8 Å². The van der Waals surface area contributed by atoms with Crippen molar-refractivity contribution in [2.24, 2.45) is 4.99 Å². The van der Waals surface area contributed by atoms with Crippen molar-refractivity contribution in [3.05, 3.63) is 23.5 Å². The molecule has 2 aliphatic heterocycles. The summed E-state index contributed by atoms with van der Waals surface area (Å²) in [7, 11) is -4.19. The number of phenolic OH excluding ortho intramolecular Hbond substituents is 1. The van der Waals surface area contributed by atoms with Gasteiger partial charge in [0.15, 0.2) is 11.8 Å². The van der Waals surface area contributed by atoms with E-state index < -0.39 is 39.9 Å². The topological polar surface area (TPSA) is 123 Å². The third-order valence-corrected chi connectivity index (χ3v) is 5.16. The van der Waals surface area contributed by atoms with Crippen LogP contribution >= 0.6 is 0 Å². The van der Waals surface area contributed by atoms with Crippen LogP contribution in [0, 0.1) is 5.82 Å². The predicted molar refractivity (Wildman–Crippen MR) is 88.9 cm³/mol. The van der Waals surface area contributed by atoms with Gasteiger partial charge in [0.1, 0.15) is 18.0 Å². The molecule has 0 atom stereocenters. The first-order chi connectivity index (χ1) is 11.9. The highest BCUT2D eigenvalue weighted by atomic mass is 32.2. The van der Waals surface area contributed by atoms with Crippen LogP contribution in [0.5, 0.6) is 5.75 Å². The van der Waals surface area contributed by atoms with Crippen molar-refractivity contribution in [3.8, 4) is 5.75 Å². The van der Waals surface area contributed by atoms with Gasteiger partial charge in [0.25, 0.3) is 5.91 Å². The highest BCUT2D eigenvalue weighted by molar-refractivity contribution is 7.92. The van der Waals surface area contributed by atoms with E-state index in [2.05, 4.69) is 15.6 Å². The number of amides is 1. The minimum atomic E-state index is -4.19. The van der Waals surface area contributed by atoms with Crippen LogP contribution in [0.1, 0.15) is 18.4 Å². The lowest BCUT2D eigenvalue weighted by molar-refractivity contribution is -0.117. The molecule has 0 spiro atoms. The summed E-state index contributed by atoms with van der Waals surface area (Å²) in [5.41, 5.74) is -0.143. The van der Waals surface area contributed by atoms with E-state index in [0.29, 0.717) is 22.4 Å². The largest absolute Gasteiger partial charge is 0.506 e. The Morgan fingerprint density at radius 1 is 1.36 bits per heavy atom. The molecule has 1 fully saturated rings. The summed E-state index contributed by atoms with van der Waals surface area (Å²) in [5.74, 6) is -1.69. The SMILES string of the molecule is O=C1CN(c2c(O)cc(CNC3=NCCCCN3)cc2F)S(=O)(=O)N1. The molecule has 2 heterocycles. The number of rotatable bonds is 3. The van der Waals surface area contributed by atoms with Gasteiger partial charge in [0.05, 0.1) is 0 Å². The van der Waals surface area contributed by atoms with Crippen molar-refractivity contribution in [3.63, 3.8) is 0 Å². The molecular formula is C14H18FN5O4S. The lowest BCUT2D eigenvalue weighted by atomic mass is 10.1. The van der Waals surface area contributed by atoms with Gasteiger partial charge in [-0.1, -0.05) is 0 Å². The van der Waals surface area contributed by atoms with Gasteiger partial charge in [-0.25, -0.2) is 13.4 Å². The molecule has 9 nitrogen and oxygen atoms in total. The molecule has 0 unspecified atom stereocenters. The number of hydrogen-bond acceptors (Lipinski definition) is 7. The molecule has 0 saturated carbocycles. The number of hydrogen-bond donors (Lipinski definition) is 4. The number of halogens is 1. The fourth-order valence-electron chi connectivity index (χ4n) is 2.63. The Bertz CT molecular complexity index is 804. The van der Waals surface area contributed by atoms with Crippen molar-refractivity contribution in [2.45, 2.75) is 19.4 Å². The van der Waals surface area contributed by atoms with Crippen LogP contribution in [0.2, 0.25) is 0 Å². The molecule has 1 aromatic rings. The molecule has 2 aliphatic rings. The average molecular weight is 371 g/mol. The fourth-order valence-corrected chi connectivity index (χ4v) is 3.80. The lowest BCUT2D eigenvalue weighted by Gasteiger charge is -2.18. The number of anilines is 1. The summed E-state index contributed by atoms with van der Waals surface area (Å²) in [6.45, 7) is 1.10. The minimum absolute atomic E-state index is 0.195. The maximum Gasteiger partial charge on any atom is 0.326 e. The standard InChI is InChI=1S/C14H18FN5O4S/c15-10-5-9(7-18-14-16-3-1-2-4-17-14)6-11(21)13(10)20-8-12(22)19-25(20,23)24/h5-6,21H,1-4,7-8H2,(H,19,22)(H2,16,17,18). The van der Waals surface area contributed by atoms with Gasteiger partial charge in [-0.05, 0) is 30.5 Å². The van der Waals surface area contributed by atoms with E-state index in [1.165, 1.54) is 6.07 Å². The van der Waals surface area contributed by atoms with E-state index in [4.69, 9.17) is 0 Å². The Morgan fingerprint density at radius 3 is 2.84 bits per heavy atom. The Hall–Kier alpha value is -2.56. The van der Waals surface area contributed by atoms with Crippen LogP contribution < -0.4 is 19.7 Å². The number of nitrogens with one attached hydrogen (secondary N) is 3. The molecule has 11 heteroatoms. The molecule has 1 aromatic carbocycles. The molecule has 3 rings (SSSR count). The maximum atomic E-state index is 14.4. The molecule has 1 amide bonds. The number of guanidine groups is 1. The van der Waals surface area contributed by atoms with Crippen LogP contribution in [0.15, 0.2) is 17.1 Å². The summed E-state index contributed by atoms with van der Waals surface area (Å²) in [4.78, 5) is 15.6. The smallest absolute Gasteiger partial charge is 0.326 e. The summed E-state index contributed by atoms with van der Waals surface area (Å²) >= 11 is 0. The highest BCUT2D eigenvalue weighted by Crippen LogP contribution is 2.34. The Balaban J connectivity index is 1.78. The van der Waals surface area contributed by atoms with Crippen LogP contribution in [-0.4, -0.2) is 45.0 Å². The Morgan fingerprint density at radius 2 is 2.16 bits per heavy atom. The van der Waals surface area contributed by atoms with Gasteiger partial charge < -0.3 is 15.7 Å². The van der Waals surface area contributed by atoms with Crippen LogP contribution in [-0.2, 0) is 21.5 Å². The Kier molecular flexibility index (Phi) is 4.66. The second-order valence-electron chi connectivity index (χ2n) is 5.70. The minimum Gasteiger partial charge on any atom is -0.506 e. The molecule has 25 heavy (non-hydrogen) atoms. The van der Waals surface area contributed by atoms with E-state index in [1.807, 2.05) is 0 Å². The van der Waals surface area contributed by atoms with Crippen molar-refractivity contribution < 1.29 is 22.7 Å². The summed E-state index contributed by atoms with van der Waals surface area (Å²) in [6, 6.07) is 2.36. The highest BCUT2D eigenvalue weighted by Gasteiger charge is 2.37. The second-order valence-corrected chi connectivity index (χ2v) is 7.30. The molecule has 0 radical (unpaired) electrons. The molecule has 0 bridgehead atoms. The third-order valence-electron chi connectivity index (χ3n) is 3.78. The quantitative estimate of drug-likeness (QED) is 0.570. The lowest BCUT2D eigenvalue weighted by Crippen LogP contribution is -2.36. The second kappa shape index (κ2) is 6.75. The maximum absolute atomic E-state index is 14.4. The molecule has 0 aliphatic carbocycles. The number of nitrogens with zero attached hydrogens (tertiary/aromatic N) is 2. The monoisotopic (exact) mass is 371 g/mol. The van der Waals surface area contributed by atoms with E-state index in [9.17, 15) is 22.7 Å². The zero-order valence-corrected chi connectivity index (χ0v) is 14.1. The number of carbonyl (C=O) groups is 1. The van der Waals surface area contributed by atoms with Crippen LogP contribution in [0.3, 0.4) is 0 Å². The van der Waals surface area contributed by atoms with E-state index in [0.717, 1.165) is 25.5 Å². The van der Waals surface area contributed by atoms with Gasteiger partial charge in [0, 0.05) is 19.6 Å². The summed E-state index contributed by atoms with van der Waals surface area (Å²) in [5, 5.41) is 16.2. The normalized spacial score (nSPS) is 19.6. The zero-order chi connectivity index (χ0) is 18.0. The van der Waals surface area contributed by atoms with Crippen molar-refractivity contribution in [2.75, 3.05) is 23.9 Å². The van der Waals surface area contributed by atoms with Gasteiger partial charge in [-0.2, -0.15) is 8.42 Å². The molecule has 1 saturated heterocycles. The van der Waals surface area contributed by atoms with Crippen molar-refractivity contribution in [1.29, 1.82) is 0 Å². The van der Waals surface area contributed by atoms with Gasteiger partial charge >= 0.3 is 10.2 Å². The summed E-state index contributed by atoms with van der Waals surface area (Å²) in [6.07, 6.45) is 2.00. The first-order valence-electron chi connectivity index (χ1n) is 7.74. The first-order valence-corrected chi connectivity index (χ1v) is 9.18. The van der Waals surface area contributed by atoms with Gasteiger partial charge in [0.2, 0.25) is 0 Å². The van der Waals surface area contributed by atoms with E-state index in [1.54, 1.807) is 4.72 Å². The van der Waals surface area contributed by atoms with Gasteiger partial charge in [-0.3, -0.25) is 9.79 Å². The molecular weight excluding hydrogens is 353 g/mol. The number of benzene rings is 1. The van der Waals surface area contributed by atoms with Gasteiger partial charge in [-0.15, -0.1) is 0 Å². The van der Waals surface area contributed by atoms with Crippen LogP contribution in [0.25, 0.3) is 0 Å². The first kappa shape index (κ1) is 17.3. The molecule has 4 N–H and O–H groups in total. The number of carbonyl (C=O) groups excluding carboxylic acids is 1. The predicted octanol–water partition coefficient (Wildman–Crippen LogP) is -0.459. The van der Waals surface area contributed by atoms with Crippen LogP contribution in [0.4, 0.5) is 10.1 Å². The number of aliphatic imine (C=N–C) groups is 1.